The summed E-state index contributed by atoms with van der Waals surface area (Å²) in [6.07, 6.45) is -4.86. The van der Waals surface area contributed by atoms with Crippen LogP contribution in [0.15, 0.2) is 18.2 Å². The molecule has 1 aliphatic rings. The van der Waals surface area contributed by atoms with E-state index in [1.165, 1.54) is 0 Å². The van der Waals surface area contributed by atoms with Gasteiger partial charge in [0.25, 0.3) is 0 Å². The van der Waals surface area contributed by atoms with Crippen LogP contribution in [0.5, 0.6) is 0 Å². The molecule has 0 radical (unpaired) electrons. The minimum absolute atomic E-state index is 0.0382. The Kier molecular flexibility index (Phi) is 4.86. The van der Waals surface area contributed by atoms with Crippen LogP contribution >= 0.6 is 0 Å². The first-order valence-electron chi connectivity index (χ1n) is 6.80. The number of amides is 2. The topological polar surface area (TPSA) is 49.4 Å². The lowest BCUT2D eigenvalue weighted by Crippen LogP contribution is -2.46. The monoisotopic (exact) mass is 336 g/mol. The molecular formula is C14H13F5N2O2. The quantitative estimate of drug-likeness (QED) is 0.844. The average molecular weight is 336 g/mol. The Morgan fingerprint density at radius 2 is 1.74 bits per heavy atom. The summed E-state index contributed by atoms with van der Waals surface area (Å²) >= 11 is 0. The van der Waals surface area contributed by atoms with Crippen molar-refractivity contribution in [1.82, 2.24) is 4.90 Å². The van der Waals surface area contributed by atoms with E-state index in [1.807, 2.05) is 0 Å². The van der Waals surface area contributed by atoms with Crippen molar-refractivity contribution in [3.8, 4) is 0 Å². The van der Waals surface area contributed by atoms with Crippen LogP contribution in [0.25, 0.3) is 0 Å². The Bertz CT molecular complexity index is 610. The van der Waals surface area contributed by atoms with E-state index in [1.54, 1.807) is 0 Å². The van der Waals surface area contributed by atoms with Crippen LogP contribution in [0.2, 0.25) is 0 Å². The Balaban J connectivity index is 1.92. The lowest BCUT2D eigenvalue weighted by Gasteiger charge is -2.31. The van der Waals surface area contributed by atoms with Gasteiger partial charge in [-0.05, 0) is 25.0 Å². The van der Waals surface area contributed by atoms with Gasteiger partial charge in [-0.25, -0.2) is 8.78 Å². The molecule has 9 heteroatoms. The highest BCUT2D eigenvalue weighted by Gasteiger charge is 2.43. The van der Waals surface area contributed by atoms with Crippen LogP contribution in [-0.4, -0.2) is 36.0 Å². The van der Waals surface area contributed by atoms with Crippen molar-refractivity contribution >= 4 is 17.5 Å². The zero-order valence-electron chi connectivity index (χ0n) is 11.8. The van der Waals surface area contributed by atoms with Crippen molar-refractivity contribution < 1.29 is 31.5 Å². The van der Waals surface area contributed by atoms with E-state index >= 15 is 0 Å². The normalized spacial score (nSPS) is 16.3. The number of hydrogen-bond donors (Lipinski definition) is 1. The molecule has 0 saturated carbocycles. The minimum Gasteiger partial charge on any atom is -0.335 e. The number of piperidine rings is 1. The molecule has 0 aromatic heterocycles. The van der Waals surface area contributed by atoms with E-state index in [4.69, 9.17) is 0 Å². The SMILES string of the molecule is O=C(Nc1ccc(F)cc1F)C1CCN(C(=O)C(F)(F)F)CC1. The molecule has 2 amide bonds. The number of hydrogen-bond acceptors (Lipinski definition) is 2. The predicted molar refractivity (Wildman–Crippen MR) is 70.3 cm³/mol. The lowest BCUT2D eigenvalue weighted by atomic mass is 9.95. The summed E-state index contributed by atoms with van der Waals surface area (Å²) in [5.41, 5.74) is -0.204. The standard InChI is InChI=1S/C14H13F5N2O2/c15-9-1-2-11(10(16)7-9)20-12(22)8-3-5-21(6-4-8)13(23)14(17,18)19/h1-2,7-8H,3-6H2,(H,20,22). The van der Waals surface area contributed by atoms with Gasteiger partial charge in [0.05, 0.1) is 5.69 Å². The van der Waals surface area contributed by atoms with E-state index in [9.17, 15) is 31.5 Å². The highest BCUT2D eigenvalue weighted by atomic mass is 19.4. The van der Waals surface area contributed by atoms with Gasteiger partial charge in [0, 0.05) is 25.1 Å². The van der Waals surface area contributed by atoms with Crippen LogP contribution < -0.4 is 5.32 Å². The maximum Gasteiger partial charge on any atom is 0.471 e. The molecule has 4 nitrogen and oxygen atoms in total. The van der Waals surface area contributed by atoms with Crippen molar-refractivity contribution in [3.05, 3.63) is 29.8 Å². The summed E-state index contributed by atoms with van der Waals surface area (Å²) in [7, 11) is 0. The smallest absolute Gasteiger partial charge is 0.335 e. The molecule has 1 aromatic rings. The Morgan fingerprint density at radius 1 is 1.13 bits per heavy atom. The van der Waals surface area contributed by atoms with E-state index in [2.05, 4.69) is 5.32 Å². The molecule has 0 bridgehead atoms. The summed E-state index contributed by atoms with van der Waals surface area (Å²) in [6, 6.07) is 2.65. The Hall–Kier alpha value is -2.19. The lowest BCUT2D eigenvalue weighted by molar-refractivity contribution is -0.186. The van der Waals surface area contributed by atoms with Crippen molar-refractivity contribution in [2.75, 3.05) is 18.4 Å². The highest BCUT2D eigenvalue weighted by molar-refractivity contribution is 5.93. The fraction of sp³-hybridized carbons (Fsp3) is 0.429. The zero-order chi connectivity index (χ0) is 17.2. The summed E-state index contributed by atoms with van der Waals surface area (Å²) in [4.78, 5) is 23.7. The average Bonchev–Trinajstić information content (AvgIpc) is 2.48. The maximum absolute atomic E-state index is 13.4. The van der Waals surface area contributed by atoms with Crippen molar-refractivity contribution in [2.24, 2.45) is 5.92 Å². The first kappa shape index (κ1) is 17.2. The zero-order valence-corrected chi connectivity index (χ0v) is 11.8. The van der Waals surface area contributed by atoms with Gasteiger partial charge < -0.3 is 10.2 Å². The molecule has 1 aromatic carbocycles. The molecule has 126 valence electrons. The van der Waals surface area contributed by atoms with Crippen LogP contribution in [0, 0.1) is 17.6 Å². The van der Waals surface area contributed by atoms with Gasteiger partial charge in [0.2, 0.25) is 5.91 Å². The molecule has 1 saturated heterocycles. The number of likely N-dealkylation sites (tertiary alicyclic amines) is 1. The largest absolute Gasteiger partial charge is 0.471 e. The van der Waals surface area contributed by atoms with Gasteiger partial charge in [0.15, 0.2) is 0 Å². The summed E-state index contributed by atoms with van der Waals surface area (Å²) < 4.78 is 63.2. The van der Waals surface area contributed by atoms with Gasteiger partial charge in [0.1, 0.15) is 11.6 Å². The van der Waals surface area contributed by atoms with E-state index in [0.717, 1.165) is 12.1 Å². The fourth-order valence-corrected chi connectivity index (χ4v) is 2.35. The molecule has 0 atom stereocenters. The predicted octanol–water partition coefficient (Wildman–Crippen LogP) is 2.70. The van der Waals surface area contributed by atoms with Crippen LogP contribution in [0.1, 0.15) is 12.8 Å². The molecule has 2 rings (SSSR count). The summed E-state index contributed by atoms with van der Waals surface area (Å²) in [5, 5.41) is 2.28. The number of benzene rings is 1. The molecular weight excluding hydrogens is 323 g/mol. The molecule has 1 N–H and O–H groups in total. The first-order chi connectivity index (χ1) is 10.7. The second-order valence-electron chi connectivity index (χ2n) is 5.18. The van der Waals surface area contributed by atoms with E-state index in [-0.39, 0.29) is 31.6 Å². The maximum atomic E-state index is 13.4. The number of carbonyl (C=O) groups is 2. The number of carbonyl (C=O) groups excluding carboxylic acids is 2. The fourth-order valence-electron chi connectivity index (χ4n) is 2.35. The highest BCUT2D eigenvalue weighted by Crippen LogP contribution is 2.25. The molecule has 0 aliphatic carbocycles. The third-order valence-corrected chi connectivity index (χ3v) is 3.58. The van der Waals surface area contributed by atoms with Gasteiger partial charge in [-0.3, -0.25) is 9.59 Å². The summed E-state index contributed by atoms with van der Waals surface area (Å²) in [5.74, 6) is -4.88. The van der Waals surface area contributed by atoms with Gasteiger partial charge in [-0.15, -0.1) is 0 Å². The van der Waals surface area contributed by atoms with Crippen LogP contribution in [0.4, 0.5) is 27.6 Å². The van der Waals surface area contributed by atoms with Gasteiger partial charge >= 0.3 is 12.1 Å². The third kappa shape index (κ3) is 4.17. The van der Waals surface area contributed by atoms with Crippen molar-refractivity contribution in [2.45, 2.75) is 19.0 Å². The van der Waals surface area contributed by atoms with Crippen LogP contribution in [0.3, 0.4) is 0 Å². The molecule has 1 heterocycles. The second kappa shape index (κ2) is 6.51. The third-order valence-electron chi connectivity index (χ3n) is 3.58. The molecule has 0 spiro atoms. The molecule has 23 heavy (non-hydrogen) atoms. The summed E-state index contributed by atoms with van der Waals surface area (Å²) in [6.45, 7) is -0.412. The van der Waals surface area contributed by atoms with Crippen molar-refractivity contribution in [1.29, 1.82) is 0 Å². The molecule has 1 aliphatic heterocycles. The number of rotatable bonds is 2. The number of alkyl halides is 3. The number of nitrogens with one attached hydrogen (secondary N) is 1. The number of anilines is 1. The van der Waals surface area contributed by atoms with Gasteiger partial charge in [-0.1, -0.05) is 0 Å². The van der Waals surface area contributed by atoms with E-state index in [0.29, 0.717) is 11.0 Å². The number of halogens is 5. The van der Waals surface area contributed by atoms with E-state index < -0.39 is 35.5 Å². The molecule has 1 fully saturated rings. The minimum atomic E-state index is -4.94. The Morgan fingerprint density at radius 3 is 2.26 bits per heavy atom. The first-order valence-corrected chi connectivity index (χ1v) is 6.80. The van der Waals surface area contributed by atoms with Crippen LogP contribution in [-0.2, 0) is 9.59 Å². The second-order valence-corrected chi connectivity index (χ2v) is 5.18. The van der Waals surface area contributed by atoms with Gasteiger partial charge in [-0.2, -0.15) is 13.2 Å². The molecule has 0 unspecified atom stereocenters. The Labute approximate surface area is 128 Å². The van der Waals surface area contributed by atoms with Crippen molar-refractivity contribution in [3.63, 3.8) is 0 Å². The number of nitrogens with zero attached hydrogens (tertiary/aromatic N) is 1.